The van der Waals surface area contributed by atoms with Gasteiger partial charge in [0, 0.05) is 28.7 Å². The highest BCUT2D eigenvalue weighted by molar-refractivity contribution is 6.30. The van der Waals surface area contributed by atoms with E-state index in [2.05, 4.69) is 26.6 Å². The lowest BCUT2D eigenvalue weighted by Gasteiger charge is -2.06. The first-order chi connectivity index (χ1) is 13.3. The maximum absolute atomic E-state index is 5.91. The first-order valence-electron chi connectivity index (χ1n) is 8.61. The van der Waals surface area contributed by atoms with Gasteiger partial charge in [0.15, 0.2) is 0 Å². The smallest absolute Gasteiger partial charge is 0.320 e. The Bertz CT molecular complexity index is 1020. The van der Waals surface area contributed by atoms with E-state index in [1.807, 2.05) is 54.9 Å². The van der Waals surface area contributed by atoms with E-state index in [0.29, 0.717) is 16.9 Å². The number of nitrogens with zero attached hydrogens (tertiary/aromatic N) is 3. The van der Waals surface area contributed by atoms with E-state index in [4.69, 9.17) is 16.0 Å². The largest absolute Gasteiger partial charge is 0.403 e. The van der Waals surface area contributed by atoms with Gasteiger partial charge in [-0.3, -0.25) is 4.98 Å². The Morgan fingerprint density at radius 2 is 1.63 bits per heavy atom. The molecule has 0 fully saturated rings. The molecule has 5 nitrogen and oxygen atoms in total. The first-order valence-corrected chi connectivity index (χ1v) is 8.99. The number of hydrogen-bond acceptors (Lipinski definition) is 5. The molecule has 0 radical (unpaired) electrons. The lowest BCUT2D eigenvalue weighted by atomic mass is 10.0. The van der Waals surface area contributed by atoms with Gasteiger partial charge in [-0.05, 0) is 66.4 Å². The number of rotatable bonds is 6. The summed E-state index contributed by atoms with van der Waals surface area (Å²) in [6, 6.07) is 19.8. The van der Waals surface area contributed by atoms with Gasteiger partial charge in [-0.1, -0.05) is 34.9 Å². The number of hydrogen-bond donors (Lipinski definition) is 1. The third-order valence-corrected chi connectivity index (χ3v) is 4.45. The Hall–Kier alpha value is -3.18. The van der Waals surface area contributed by atoms with Crippen LogP contribution in [0.1, 0.15) is 11.1 Å². The summed E-state index contributed by atoms with van der Waals surface area (Å²) in [5, 5.41) is 12.1. The normalized spacial score (nSPS) is 10.7. The molecule has 0 aliphatic heterocycles. The van der Waals surface area contributed by atoms with Crippen LogP contribution < -0.4 is 5.32 Å². The van der Waals surface area contributed by atoms with Crippen LogP contribution in [0.5, 0.6) is 0 Å². The second kappa shape index (κ2) is 8.01. The van der Waals surface area contributed by atoms with Crippen LogP contribution in [-0.4, -0.2) is 15.2 Å². The molecule has 0 spiro atoms. The molecule has 0 unspecified atom stereocenters. The van der Waals surface area contributed by atoms with Crippen molar-refractivity contribution >= 4 is 23.3 Å². The molecule has 2 aromatic heterocycles. The Morgan fingerprint density at radius 1 is 0.852 bits per heavy atom. The molecule has 2 heterocycles. The van der Waals surface area contributed by atoms with Crippen molar-refractivity contribution in [1.82, 2.24) is 15.2 Å². The fourth-order valence-corrected chi connectivity index (χ4v) is 2.94. The van der Waals surface area contributed by atoms with Crippen LogP contribution >= 0.6 is 11.6 Å². The fourth-order valence-electron chi connectivity index (χ4n) is 2.81. The fraction of sp³-hybridized carbons (Fsp3) is 0.0952. The van der Waals surface area contributed by atoms with E-state index in [1.165, 1.54) is 5.56 Å². The van der Waals surface area contributed by atoms with Gasteiger partial charge in [0.2, 0.25) is 5.89 Å². The summed E-state index contributed by atoms with van der Waals surface area (Å²) in [7, 11) is 0. The Kier molecular flexibility index (Phi) is 5.12. The number of halogens is 1. The van der Waals surface area contributed by atoms with Crippen molar-refractivity contribution in [3.05, 3.63) is 89.2 Å². The quantitative estimate of drug-likeness (QED) is 0.493. The summed E-state index contributed by atoms with van der Waals surface area (Å²) in [6.07, 6.45) is 5.42. The van der Waals surface area contributed by atoms with E-state index in [0.717, 1.165) is 29.7 Å². The topological polar surface area (TPSA) is 63.8 Å². The van der Waals surface area contributed by atoms with Crippen molar-refractivity contribution in [2.24, 2.45) is 0 Å². The summed E-state index contributed by atoms with van der Waals surface area (Å²) in [4.78, 5) is 4.06. The number of benzene rings is 2. The van der Waals surface area contributed by atoms with Crippen LogP contribution in [0.4, 0.5) is 11.7 Å². The minimum Gasteiger partial charge on any atom is -0.403 e. The zero-order valence-electron chi connectivity index (χ0n) is 14.5. The molecule has 6 heteroatoms. The Morgan fingerprint density at radius 3 is 2.44 bits per heavy atom. The average molecular weight is 377 g/mol. The molecule has 27 heavy (non-hydrogen) atoms. The Labute approximate surface area is 162 Å². The number of aromatic nitrogens is 3. The highest BCUT2D eigenvalue weighted by Crippen LogP contribution is 2.26. The van der Waals surface area contributed by atoms with E-state index in [1.54, 1.807) is 12.1 Å². The molecule has 4 rings (SSSR count). The van der Waals surface area contributed by atoms with E-state index in [9.17, 15) is 0 Å². The van der Waals surface area contributed by atoms with Crippen LogP contribution in [0.2, 0.25) is 5.02 Å². The van der Waals surface area contributed by atoms with Gasteiger partial charge >= 0.3 is 6.01 Å². The third kappa shape index (κ3) is 4.33. The van der Waals surface area contributed by atoms with E-state index >= 15 is 0 Å². The van der Waals surface area contributed by atoms with Gasteiger partial charge in [-0.25, -0.2) is 0 Å². The zero-order chi connectivity index (χ0) is 18.5. The van der Waals surface area contributed by atoms with Gasteiger partial charge in [-0.15, -0.1) is 5.10 Å². The average Bonchev–Trinajstić information content (AvgIpc) is 3.17. The van der Waals surface area contributed by atoms with Gasteiger partial charge in [0.1, 0.15) is 0 Å². The van der Waals surface area contributed by atoms with Crippen LogP contribution in [0.25, 0.3) is 11.5 Å². The van der Waals surface area contributed by atoms with E-state index < -0.39 is 0 Å². The molecule has 0 saturated heterocycles. The van der Waals surface area contributed by atoms with Crippen LogP contribution in [-0.2, 0) is 12.8 Å². The minimum absolute atomic E-state index is 0.344. The summed E-state index contributed by atoms with van der Waals surface area (Å²) < 4.78 is 5.82. The molecule has 2 aromatic carbocycles. The standard InChI is InChI=1S/C21H17ClN4O/c22-17-7-9-18(10-8-17)24-21-26-25-20(27-21)19-4-2-1-3-16(19)6-5-15-11-13-23-14-12-15/h1-4,7-14H,5-6H2,(H,24,26). The molecule has 4 aromatic rings. The molecule has 0 aliphatic carbocycles. The summed E-state index contributed by atoms with van der Waals surface area (Å²) in [5.41, 5.74) is 4.19. The second-order valence-corrected chi connectivity index (χ2v) is 6.49. The lowest BCUT2D eigenvalue weighted by Crippen LogP contribution is -1.94. The number of aryl methyl sites for hydroxylation is 2. The highest BCUT2D eigenvalue weighted by atomic mass is 35.5. The van der Waals surface area contributed by atoms with Gasteiger partial charge in [-0.2, -0.15) is 0 Å². The molecule has 0 amide bonds. The van der Waals surface area contributed by atoms with Crippen molar-refractivity contribution < 1.29 is 4.42 Å². The summed E-state index contributed by atoms with van der Waals surface area (Å²) >= 11 is 5.91. The zero-order valence-corrected chi connectivity index (χ0v) is 15.2. The van der Waals surface area contributed by atoms with Crippen LogP contribution in [0.15, 0.2) is 77.5 Å². The lowest BCUT2D eigenvalue weighted by molar-refractivity contribution is 0.586. The maximum Gasteiger partial charge on any atom is 0.320 e. The predicted molar refractivity (Wildman–Crippen MR) is 106 cm³/mol. The maximum atomic E-state index is 5.91. The van der Waals surface area contributed by atoms with Gasteiger partial charge in [0.25, 0.3) is 0 Å². The van der Waals surface area contributed by atoms with Gasteiger partial charge < -0.3 is 9.73 Å². The second-order valence-electron chi connectivity index (χ2n) is 6.06. The van der Waals surface area contributed by atoms with Crippen molar-refractivity contribution in [3.8, 4) is 11.5 Å². The number of anilines is 2. The SMILES string of the molecule is Clc1ccc(Nc2nnc(-c3ccccc3CCc3ccncc3)o2)cc1. The molecule has 0 bridgehead atoms. The monoisotopic (exact) mass is 376 g/mol. The van der Waals surface area contributed by atoms with Crippen LogP contribution in [0.3, 0.4) is 0 Å². The molecular weight excluding hydrogens is 360 g/mol. The van der Waals surface area contributed by atoms with Crippen molar-refractivity contribution in [1.29, 1.82) is 0 Å². The number of nitrogens with one attached hydrogen (secondary N) is 1. The molecule has 0 saturated carbocycles. The van der Waals surface area contributed by atoms with Crippen molar-refractivity contribution in [2.75, 3.05) is 5.32 Å². The molecule has 0 aliphatic rings. The summed E-state index contributed by atoms with van der Waals surface area (Å²) in [6.45, 7) is 0. The molecule has 134 valence electrons. The Balaban J connectivity index is 1.52. The van der Waals surface area contributed by atoms with Gasteiger partial charge in [0.05, 0.1) is 0 Å². The van der Waals surface area contributed by atoms with Crippen LogP contribution in [0, 0.1) is 0 Å². The number of pyridine rings is 1. The highest BCUT2D eigenvalue weighted by Gasteiger charge is 2.12. The van der Waals surface area contributed by atoms with E-state index in [-0.39, 0.29) is 0 Å². The molecule has 0 atom stereocenters. The first kappa shape index (κ1) is 17.2. The predicted octanol–water partition coefficient (Wildman–Crippen LogP) is 5.31. The summed E-state index contributed by atoms with van der Waals surface area (Å²) in [5.74, 6) is 0.497. The van der Waals surface area contributed by atoms with Crippen molar-refractivity contribution in [2.45, 2.75) is 12.8 Å². The molecular formula is C21H17ClN4O. The van der Waals surface area contributed by atoms with Crippen molar-refractivity contribution in [3.63, 3.8) is 0 Å². The third-order valence-electron chi connectivity index (χ3n) is 4.20. The minimum atomic E-state index is 0.344. The molecule has 1 N–H and O–H groups in total.